The average molecular weight is 423 g/mol. The van der Waals surface area contributed by atoms with Gasteiger partial charge >= 0.3 is 0 Å². The number of para-hydroxylation sites is 1. The number of imidazole rings is 1. The number of carbonyl (C=O) groups is 1. The third-order valence-electron chi connectivity index (χ3n) is 5.47. The third kappa shape index (κ3) is 3.54. The number of hydrogen-bond acceptors (Lipinski definition) is 4. The van der Waals surface area contributed by atoms with Crippen LogP contribution in [0.25, 0.3) is 27.8 Å². The van der Waals surface area contributed by atoms with Gasteiger partial charge in [-0.2, -0.15) is 0 Å². The van der Waals surface area contributed by atoms with Crippen LogP contribution in [0.2, 0.25) is 0 Å². The average Bonchev–Trinajstić information content (AvgIpc) is 3.23. The molecule has 1 amide bonds. The van der Waals surface area contributed by atoms with Crippen molar-refractivity contribution in [1.82, 2.24) is 18.9 Å². The van der Waals surface area contributed by atoms with E-state index in [9.17, 15) is 9.59 Å². The van der Waals surface area contributed by atoms with E-state index < -0.39 is 0 Å². The molecule has 0 fully saturated rings. The molecule has 0 atom stereocenters. The van der Waals surface area contributed by atoms with Crippen LogP contribution in [-0.2, 0) is 11.3 Å². The molecule has 7 nitrogen and oxygen atoms in total. The van der Waals surface area contributed by atoms with Gasteiger partial charge in [0, 0.05) is 23.6 Å². The summed E-state index contributed by atoms with van der Waals surface area (Å²) in [7, 11) is 0. The summed E-state index contributed by atoms with van der Waals surface area (Å²) in [5.74, 6) is 0.202. The summed E-state index contributed by atoms with van der Waals surface area (Å²) in [5.41, 5.74) is 4.75. The van der Waals surface area contributed by atoms with Gasteiger partial charge in [-0.3, -0.25) is 14.2 Å². The molecule has 158 valence electrons. The summed E-state index contributed by atoms with van der Waals surface area (Å²) < 4.78 is 3.38. The van der Waals surface area contributed by atoms with E-state index in [2.05, 4.69) is 10.3 Å². The minimum Gasteiger partial charge on any atom is -0.325 e. The highest BCUT2D eigenvalue weighted by Crippen LogP contribution is 2.23. The number of carbonyl (C=O) groups excluding carboxylic acids is 1. The van der Waals surface area contributed by atoms with Crippen molar-refractivity contribution in [3.8, 4) is 11.3 Å². The Balaban J connectivity index is 1.40. The number of benzene rings is 2. The van der Waals surface area contributed by atoms with Crippen LogP contribution >= 0.6 is 0 Å². The van der Waals surface area contributed by atoms with Gasteiger partial charge in [0.25, 0.3) is 5.56 Å². The second kappa shape index (κ2) is 7.77. The minimum atomic E-state index is -0.296. The van der Waals surface area contributed by atoms with E-state index in [1.165, 1.54) is 4.57 Å². The molecule has 0 saturated heterocycles. The summed E-state index contributed by atoms with van der Waals surface area (Å²) in [4.78, 5) is 34.7. The predicted octanol–water partition coefficient (Wildman–Crippen LogP) is 3.97. The van der Waals surface area contributed by atoms with Crippen molar-refractivity contribution < 1.29 is 4.79 Å². The Bertz CT molecular complexity index is 1550. The molecule has 0 aliphatic heterocycles. The lowest BCUT2D eigenvalue weighted by Crippen LogP contribution is -2.30. The van der Waals surface area contributed by atoms with Crippen LogP contribution in [0, 0.1) is 13.8 Å². The van der Waals surface area contributed by atoms with Crippen molar-refractivity contribution in [3.63, 3.8) is 0 Å². The second-order valence-electron chi connectivity index (χ2n) is 7.74. The van der Waals surface area contributed by atoms with E-state index in [1.807, 2.05) is 66.2 Å². The fraction of sp³-hybridized carbons (Fsp3) is 0.120. The van der Waals surface area contributed by atoms with E-state index in [1.54, 1.807) is 25.1 Å². The summed E-state index contributed by atoms with van der Waals surface area (Å²) in [6.07, 6.45) is 3.93. The summed E-state index contributed by atoms with van der Waals surface area (Å²) >= 11 is 0. The lowest BCUT2D eigenvalue weighted by atomic mass is 10.1. The van der Waals surface area contributed by atoms with E-state index in [-0.39, 0.29) is 18.0 Å². The van der Waals surface area contributed by atoms with Crippen LogP contribution in [-0.4, -0.2) is 24.8 Å². The molecule has 1 N–H and O–H groups in total. The molecule has 0 unspecified atom stereocenters. The number of aryl methyl sites for hydroxylation is 2. The van der Waals surface area contributed by atoms with Crippen molar-refractivity contribution >= 4 is 28.1 Å². The van der Waals surface area contributed by atoms with Gasteiger partial charge in [-0.25, -0.2) is 9.97 Å². The van der Waals surface area contributed by atoms with E-state index in [0.717, 1.165) is 22.5 Å². The molecular weight excluding hydrogens is 402 g/mol. The van der Waals surface area contributed by atoms with Gasteiger partial charge in [0.15, 0.2) is 0 Å². The molecule has 7 heteroatoms. The fourth-order valence-corrected chi connectivity index (χ4v) is 3.86. The zero-order valence-electron chi connectivity index (χ0n) is 17.7. The zero-order chi connectivity index (χ0) is 22.2. The predicted molar refractivity (Wildman–Crippen MR) is 125 cm³/mol. The Morgan fingerprint density at radius 2 is 1.84 bits per heavy atom. The van der Waals surface area contributed by atoms with Gasteiger partial charge in [0.2, 0.25) is 5.91 Å². The standard InChI is InChI=1S/C25H21N5O2/c1-16-7-6-12-29-14-22(28-24(16)29)18-8-5-9-19(13-18)27-23(31)15-30-17(2)26-21-11-4-3-10-20(21)25(30)32/h3-14H,15H2,1-2H3,(H,27,31). The molecule has 2 aromatic carbocycles. The van der Waals surface area contributed by atoms with Crippen LogP contribution in [0.4, 0.5) is 5.69 Å². The van der Waals surface area contributed by atoms with Gasteiger partial charge < -0.3 is 9.72 Å². The first-order valence-electron chi connectivity index (χ1n) is 10.3. The Kier molecular flexibility index (Phi) is 4.78. The van der Waals surface area contributed by atoms with Gasteiger partial charge in [-0.15, -0.1) is 0 Å². The van der Waals surface area contributed by atoms with Crippen molar-refractivity contribution in [2.45, 2.75) is 20.4 Å². The molecule has 0 aliphatic rings. The van der Waals surface area contributed by atoms with Crippen molar-refractivity contribution in [2.24, 2.45) is 0 Å². The minimum absolute atomic E-state index is 0.111. The maximum Gasteiger partial charge on any atom is 0.261 e. The highest BCUT2D eigenvalue weighted by molar-refractivity contribution is 5.91. The molecule has 32 heavy (non-hydrogen) atoms. The van der Waals surface area contributed by atoms with Gasteiger partial charge in [-0.1, -0.05) is 30.3 Å². The van der Waals surface area contributed by atoms with Gasteiger partial charge in [0.05, 0.1) is 16.6 Å². The molecule has 0 aliphatic carbocycles. The quantitative estimate of drug-likeness (QED) is 0.474. The van der Waals surface area contributed by atoms with Gasteiger partial charge in [-0.05, 0) is 49.7 Å². The summed E-state index contributed by atoms with van der Waals surface area (Å²) in [6.45, 7) is 3.64. The van der Waals surface area contributed by atoms with Crippen LogP contribution in [0.15, 0.2) is 77.9 Å². The first-order chi connectivity index (χ1) is 15.5. The van der Waals surface area contributed by atoms with Crippen molar-refractivity contribution in [3.05, 3.63) is 94.8 Å². The summed E-state index contributed by atoms with van der Waals surface area (Å²) in [6, 6.07) is 18.7. The Morgan fingerprint density at radius 3 is 2.69 bits per heavy atom. The van der Waals surface area contributed by atoms with E-state index >= 15 is 0 Å². The van der Waals surface area contributed by atoms with Crippen molar-refractivity contribution in [1.29, 1.82) is 0 Å². The van der Waals surface area contributed by atoms with Crippen molar-refractivity contribution in [2.75, 3.05) is 5.32 Å². The first kappa shape index (κ1) is 19.7. The number of anilines is 1. The lowest BCUT2D eigenvalue weighted by molar-refractivity contribution is -0.116. The van der Waals surface area contributed by atoms with Crippen LogP contribution in [0.3, 0.4) is 0 Å². The highest BCUT2D eigenvalue weighted by atomic mass is 16.2. The van der Waals surface area contributed by atoms with Gasteiger partial charge in [0.1, 0.15) is 18.0 Å². The number of nitrogens with zero attached hydrogens (tertiary/aromatic N) is 4. The molecule has 3 heterocycles. The molecule has 0 bridgehead atoms. The number of fused-ring (bicyclic) bond motifs is 2. The Hall–Kier alpha value is -4.26. The van der Waals surface area contributed by atoms with E-state index in [0.29, 0.717) is 22.4 Å². The monoisotopic (exact) mass is 423 g/mol. The molecule has 5 rings (SSSR count). The smallest absolute Gasteiger partial charge is 0.261 e. The molecule has 0 saturated carbocycles. The third-order valence-corrected chi connectivity index (χ3v) is 5.47. The SMILES string of the molecule is Cc1cccn2cc(-c3cccc(NC(=O)Cn4c(C)nc5ccccc5c4=O)c3)nc12. The number of hydrogen-bond donors (Lipinski definition) is 1. The largest absolute Gasteiger partial charge is 0.325 e. The summed E-state index contributed by atoms with van der Waals surface area (Å²) in [5, 5.41) is 3.38. The first-order valence-corrected chi connectivity index (χ1v) is 10.3. The topological polar surface area (TPSA) is 81.3 Å². The number of rotatable bonds is 4. The normalized spacial score (nSPS) is 11.2. The number of amides is 1. The maximum atomic E-state index is 12.8. The molecule has 3 aromatic heterocycles. The molecule has 0 radical (unpaired) electrons. The Labute approximate surface area is 184 Å². The Morgan fingerprint density at radius 1 is 1.00 bits per heavy atom. The number of aromatic nitrogens is 4. The number of nitrogens with one attached hydrogen (secondary N) is 1. The lowest BCUT2D eigenvalue weighted by Gasteiger charge is -2.11. The van der Waals surface area contributed by atoms with Crippen LogP contribution in [0.5, 0.6) is 0 Å². The van der Waals surface area contributed by atoms with Crippen LogP contribution in [0.1, 0.15) is 11.4 Å². The highest BCUT2D eigenvalue weighted by Gasteiger charge is 2.12. The molecular formula is C25H21N5O2. The molecule has 0 spiro atoms. The fourth-order valence-electron chi connectivity index (χ4n) is 3.86. The van der Waals surface area contributed by atoms with Crippen LogP contribution < -0.4 is 10.9 Å². The van der Waals surface area contributed by atoms with E-state index in [4.69, 9.17) is 4.98 Å². The zero-order valence-corrected chi connectivity index (χ0v) is 17.7. The number of pyridine rings is 1. The molecule has 5 aromatic rings. The maximum absolute atomic E-state index is 12.8. The second-order valence-corrected chi connectivity index (χ2v) is 7.74.